The molecule has 156 valence electrons. The summed E-state index contributed by atoms with van der Waals surface area (Å²) in [6.45, 7) is 3.90. The molecule has 1 fully saturated rings. The Hall–Kier alpha value is -2.64. The van der Waals surface area contributed by atoms with E-state index in [1.807, 2.05) is 6.92 Å². The first-order valence-corrected chi connectivity index (χ1v) is 9.23. The topological polar surface area (TPSA) is 32.3 Å². The van der Waals surface area contributed by atoms with Gasteiger partial charge in [-0.05, 0) is 62.1 Å². The molecule has 3 rings (SSSR count). The Balaban J connectivity index is 1.78. The van der Waals surface area contributed by atoms with Crippen LogP contribution in [0, 0.1) is 11.6 Å². The molecule has 1 saturated heterocycles. The van der Waals surface area contributed by atoms with E-state index in [4.69, 9.17) is 0 Å². The number of carbonyl (C=O) groups excluding carboxylic acids is 1. The molecule has 1 N–H and O–H groups in total. The number of nitrogens with zero attached hydrogens (tertiary/aromatic N) is 1. The number of carbonyl (C=O) groups is 1. The lowest BCUT2D eigenvalue weighted by atomic mass is 9.89. The van der Waals surface area contributed by atoms with E-state index in [0.29, 0.717) is 30.5 Å². The Morgan fingerprint density at radius 3 is 2.34 bits per heavy atom. The fraction of sp³-hybridized carbons (Fsp3) is 0.381. The summed E-state index contributed by atoms with van der Waals surface area (Å²) in [7, 11) is 0. The predicted octanol–water partition coefficient (Wildman–Crippen LogP) is 5.77. The number of urea groups is 1. The summed E-state index contributed by atoms with van der Waals surface area (Å²) in [4.78, 5) is 14.4. The highest BCUT2D eigenvalue weighted by molar-refractivity contribution is 5.76. The van der Waals surface area contributed by atoms with Gasteiger partial charge < -0.3 is 10.2 Å². The Labute approximate surface area is 165 Å². The summed E-state index contributed by atoms with van der Waals surface area (Å²) in [6.07, 6.45) is -3.12. The molecule has 2 aromatic carbocycles. The lowest BCUT2D eigenvalue weighted by Gasteiger charge is -2.36. The molecular formula is C21H21F5N2O. The van der Waals surface area contributed by atoms with Crippen LogP contribution < -0.4 is 5.32 Å². The largest absolute Gasteiger partial charge is 0.416 e. The van der Waals surface area contributed by atoms with Crippen LogP contribution in [-0.4, -0.2) is 17.5 Å². The van der Waals surface area contributed by atoms with Crippen molar-refractivity contribution >= 4 is 6.03 Å². The maximum atomic E-state index is 13.5. The Bertz CT molecular complexity index is 897. The van der Waals surface area contributed by atoms with Crippen LogP contribution in [0.25, 0.3) is 0 Å². The van der Waals surface area contributed by atoms with Crippen molar-refractivity contribution in [1.29, 1.82) is 0 Å². The van der Waals surface area contributed by atoms with Crippen LogP contribution >= 0.6 is 0 Å². The van der Waals surface area contributed by atoms with Crippen LogP contribution in [0.3, 0.4) is 0 Å². The predicted molar refractivity (Wildman–Crippen MR) is 98.0 cm³/mol. The number of rotatable bonds is 3. The van der Waals surface area contributed by atoms with Gasteiger partial charge in [0, 0.05) is 6.54 Å². The van der Waals surface area contributed by atoms with Crippen molar-refractivity contribution in [3.05, 3.63) is 70.8 Å². The third-order valence-corrected chi connectivity index (χ3v) is 5.50. The van der Waals surface area contributed by atoms with Crippen LogP contribution in [-0.2, 0) is 11.7 Å². The van der Waals surface area contributed by atoms with Crippen molar-refractivity contribution in [1.82, 2.24) is 10.2 Å². The molecule has 0 spiro atoms. The van der Waals surface area contributed by atoms with Crippen molar-refractivity contribution < 1.29 is 26.7 Å². The smallest absolute Gasteiger partial charge is 0.331 e. The van der Waals surface area contributed by atoms with E-state index >= 15 is 0 Å². The van der Waals surface area contributed by atoms with Gasteiger partial charge in [-0.3, -0.25) is 0 Å². The van der Waals surface area contributed by atoms with Gasteiger partial charge in [-0.25, -0.2) is 13.6 Å². The quantitative estimate of drug-likeness (QED) is 0.639. The zero-order valence-electron chi connectivity index (χ0n) is 16.0. The van der Waals surface area contributed by atoms with Gasteiger partial charge in [-0.2, -0.15) is 13.2 Å². The maximum absolute atomic E-state index is 13.5. The summed E-state index contributed by atoms with van der Waals surface area (Å²) in [5.74, 6) is -1.97. The van der Waals surface area contributed by atoms with Gasteiger partial charge in [0.1, 0.15) is 0 Å². The summed E-state index contributed by atoms with van der Waals surface area (Å²) in [5.41, 5.74) is -0.487. The summed E-state index contributed by atoms with van der Waals surface area (Å²) < 4.78 is 65.1. The maximum Gasteiger partial charge on any atom is 0.416 e. The fourth-order valence-electron chi connectivity index (χ4n) is 3.74. The van der Waals surface area contributed by atoms with Crippen LogP contribution in [0.15, 0.2) is 42.5 Å². The number of amides is 2. The number of halogens is 5. The zero-order valence-corrected chi connectivity index (χ0v) is 16.0. The van der Waals surface area contributed by atoms with E-state index in [2.05, 4.69) is 5.32 Å². The standard InChI is InChI=1S/C21H21F5N2O/c1-13(14-4-9-17(22)18(23)12-14)27-19(29)28-11-3-10-20(28,2)15-5-7-16(8-6-15)21(24,25)26/h4-9,12-13H,3,10-11H2,1-2H3,(H,27,29)/t13-,20?/m0/s1. The Morgan fingerprint density at radius 1 is 1.10 bits per heavy atom. The molecule has 0 aromatic heterocycles. The van der Waals surface area contributed by atoms with Crippen LogP contribution in [0.1, 0.15) is 49.4 Å². The van der Waals surface area contributed by atoms with Gasteiger partial charge in [-0.15, -0.1) is 0 Å². The second-order valence-corrected chi connectivity index (χ2v) is 7.45. The average Bonchev–Trinajstić information content (AvgIpc) is 3.06. The van der Waals surface area contributed by atoms with E-state index < -0.39 is 41.0 Å². The highest BCUT2D eigenvalue weighted by atomic mass is 19.4. The number of alkyl halides is 3. The molecule has 0 aliphatic carbocycles. The van der Waals surface area contributed by atoms with Gasteiger partial charge in [0.2, 0.25) is 0 Å². The minimum atomic E-state index is -4.42. The minimum absolute atomic E-state index is 0.410. The van der Waals surface area contributed by atoms with Crippen molar-refractivity contribution in [3.63, 3.8) is 0 Å². The normalized spacial score (nSPS) is 20.6. The molecule has 29 heavy (non-hydrogen) atoms. The van der Waals surface area contributed by atoms with Crippen molar-refractivity contribution in [2.24, 2.45) is 0 Å². The van der Waals surface area contributed by atoms with Crippen LogP contribution in [0.5, 0.6) is 0 Å². The number of benzene rings is 2. The molecule has 3 nitrogen and oxygen atoms in total. The molecule has 0 saturated carbocycles. The molecule has 2 atom stereocenters. The molecule has 0 bridgehead atoms. The molecule has 1 aliphatic rings. The van der Waals surface area contributed by atoms with E-state index in [-0.39, 0.29) is 0 Å². The molecule has 2 amide bonds. The third-order valence-electron chi connectivity index (χ3n) is 5.50. The van der Waals surface area contributed by atoms with Crippen LogP contribution in [0.2, 0.25) is 0 Å². The summed E-state index contributed by atoms with van der Waals surface area (Å²) in [5, 5.41) is 2.76. The minimum Gasteiger partial charge on any atom is -0.331 e. The lowest BCUT2D eigenvalue weighted by Crippen LogP contribution is -2.48. The second kappa shape index (κ2) is 7.65. The van der Waals surface area contributed by atoms with E-state index in [9.17, 15) is 26.7 Å². The summed E-state index contributed by atoms with van der Waals surface area (Å²) in [6, 6.07) is 7.24. The number of hydrogen-bond acceptors (Lipinski definition) is 1. The highest BCUT2D eigenvalue weighted by Crippen LogP contribution is 2.40. The number of likely N-dealkylation sites (tertiary alicyclic amines) is 1. The molecule has 1 heterocycles. The highest BCUT2D eigenvalue weighted by Gasteiger charge is 2.42. The number of nitrogens with one attached hydrogen (secondary N) is 1. The van der Waals surface area contributed by atoms with Gasteiger partial charge in [-0.1, -0.05) is 18.2 Å². The number of hydrogen-bond donors (Lipinski definition) is 1. The van der Waals surface area contributed by atoms with Gasteiger partial charge in [0.05, 0.1) is 17.1 Å². The van der Waals surface area contributed by atoms with E-state index in [1.165, 1.54) is 18.2 Å². The first kappa shape index (κ1) is 21.1. The second-order valence-electron chi connectivity index (χ2n) is 7.45. The van der Waals surface area contributed by atoms with Crippen molar-refractivity contribution in [2.75, 3.05) is 6.54 Å². The molecule has 0 radical (unpaired) electrons. The fourth-order valence-corrected chi connectivity index (χ4v) is 3.74. The first-order valence-electron chi connectivity index (χ1n) is 9.23. The average molecular weight is 412 g/mol. The van der Waals surface area contributed by atoms with Crippen molar-refractivity contribution in [3.8, 4) is 0 Å². The lowest BCUT2D eigenvalue weighted by molar-refractivity contribution is -0.137. The molecule has 1 aliphatic heterocycles. The van der Waals surface area contributed by atoms with E-state index in [0.717, 1.165) is 24.3 Å². The Kier molecular flexibility index (Phi) is 5.56. The van der Waals surface area contributed by atoms with Gasteiger partial charge in [0.25, 0.3) is 0 Å². The van der Waals surface area contributed by atoms with Crippen LogP contribution in [0.4, 0.5) is 26.7 Å². The first-order chi connectivity index (χ1) is 13.5. The zero-order chi connectivity index (χ0) is 21.4. The van der Waals surface area contributed by atoms with Crippen molar-refractivity contribution in [2.45, 2.75) is 44.4 Å². The van der Waals surface area contributed by atoms with E-state index in [1.54, 1.807) is 11.8 Å². The summed E-state index contributed by atoms with van der Waals surface area (Å²) >= 11 is 0. The third kappa shape index (κ3) is 4.21. The monoisotopic (exact) mass is 412 g/mol. The van der Waals surface area contributed by atoms with Gasteiger partial charge >= 0.3 is 12.2 Å². The Morgan fingerprint density at radius 2 is 1.76 bits per heavy atom. The van der Waals surface area contributed by atoms with Gasteiger partial charge in [0.15, 0.2) is 11.6 Å². The molecule has 8 heteroatoms. The molecule has 2 aromatic rings. The molecule has 1 unspecified atom stereocenters. The molecular weight excluding hydrogens is 391 g/mol. The SMILES string of the molecule is C[C@H](NC(=O)N1CCCC1(C)c1ccc(C(F)(F)F)cc1)c1ccc(F)c(F)c1.